The normalized spacial score (nSPS) is 12.0. The van der Waals surface area contributed by atoms with E-state index in [9.17, 15) is 15.2 Å². The van der Waals surface area contributed by atoms with E-state index in [2.05, 4.69) is 10.1 Å². The Hall–Kier alpha value is -3.20. The second kappa shape index (κ2) is 6.92. The molecule has 0 radical (unpaired) electrons. The predicted octanol–water partition coefficient (Wildman–Crippen LogP) is 1.42. The number of nitrogens with zero attached hydrogens (tertiary/aromatic N) is 5. The molecular formula is C15H15N5O4. The van der Waals surface area contributed by atoms with Gasteiger partial charge in [0.05, 0.1) is 17.8 Å². The lowest BCUT2D eigenvalue weighted by Gasteiger charge is -2.12. The second-order valence-electron chi connectivity index (χ2n) is 5.11. The summed E-state index contributed by atoms with van der Waals surface area (Å²) in [5.74, 6) is 0.615. The van der Waals surface area contributed by atoms with Gasteiger partial charge >= 0.3 is 5.69 Å². The fourth-order valence-corrected chi connectivity index (χ4v) is 2.13. The first-order valence-electron chi connectivity index (χ1n) is 7.18. The molecule has 124 valence electrons. The Bertz CT molecular complexity index is 798. The van der Waals surface area contributed by atoms with Gasteiger partial charge in [0.1, 0.15) is 30.9 Å². The fourth-order valence-electron chi connectivity index (χ4n) is 2.13. The number of aromatic nitrogens is 4. The van der Waals surface area contributed by atoms with Crippen LogP contribution in [-0.4, -0.2) is 42.1 Å². The molecule has 24 heavy (non-hydrogen) atoms. The van der Waals surface area contributed by atoms with Crippen LogP contribution in [0.3, 0.4) is 0 Å². The van der Waals surface area contributed by atoms with Crippen LogP contribution in [0.1, 0.15) is 0 Å². The molecule has 2 aromatic heterocycles. The summed E-state index contributed by atoms with van der Waals surface area (Å²) in [6, 6.07) is 7.34. The topological polar surface area (TPSA) is 108 Å². The number of hydrogen-bond donors (Lipinski definition) is 1. The molecule has 0 aliphatic heterocycles. The average molecular weight is 329 g/mol. The Balaban J connectivity index is 1.52. The number of rotatable bonds is 7. The van der Waals surface area contributed by atoms with E-state index in [1.807, 2.05) is 22.9 Å². The Morgan fingerprint density at radius 3 is 2.75 bits per heavy atom. The second-order valence-corrected chi connectivity index (χ2v) is 5.11. The molecular weight excluding hydrogens is 314 g/mol. The lowest BCUT2D eigenvalue weighted by atomic mass is 10.3. The first-order valence-corrected chi connectivity index (χ1v) is 7.18. The standard InChI is InChI=1S/C15H15N5O4/c21-14(9-19-8-13(7-17-19)20(22)23)10-24-15-3-1-12(2-4-15)18-6-5-16-11-18/h1-8,11,14,21H,9-10H2. The highest BCUT2D eigenvalue weighted by Gasteiger charge is 2.12. The zero-order valence-electron chi connectivity index (χ0n) is 12.6. The third-order valence-electron chi connectivity index (χ3n) is 3.31. The van der Waals surface area contributed by atoms with Crippen molar-refractivity contribution in [3.05, 3.63) is 65.5 Å². The number of imidazole rings is 1. The van der Waals surface area contributed by atoms with Crippen LogP contribution in [0.2, 0.25) is 0 Å². The molecule has 9 heteroatoms. The molecule has 1 aromatic carbocycles. The van der Waals surface area contributed by atoms with Gasteiger partial charge in [-0.25, -0.2) is 4.98 Å². The number of ether oxygens (including phenoxy) is 1. The quantitative estimate of drug-likeness (QED) is 0.519. The van der Waals surface area contributed by atoms with E-state index in [1.54, 1.807) is 24.7 Å². The monoisotopic (exact) mass is 329 g/mol. The highest BCUT2D eigenvalue weighted by molar-refractivity contribution is 5.37. The Kier molecular flexibility index (Phi) is 4.52. The molecule has 0 aliphatic carbocycles. The number of benzene rings is 1. The average Bonchev–Trinajstić information content (AvgIpc) is 3.25. The van der Waals surface area contributed by atoms with E-state index >= 15 is 0 Å². The Morgan fingerprint density at radius 2 is 2.12 bits per heavy atom. The third-order valence-corrected chi connectivity index (χ3v) is 3.31. The van der Waals surface area contributed by atoms with Crippen LogP contribution in [0, 0.1) is 10.1 Å². The van der Waals surface area contributed by atoms with Crippen molar-refractivity contribution in [1.29, 1.82) is 0 Å². The van der Waals surface area contributed by atoms with Gasteiger partial charge in [-0.2, -0.15) is 5.10 Å². The lowest BCUT2D eigenvalue weighted by molar-refractivity contribution is -0.385. The van der Waals surface area contributed by atoms with Crippen LogP contribution in [-0.2, 0) is 6.54 Å². The summed E-state index contributed by atoms with van der Waals surface area (Å²) < 4.78 is 8.69. The van der Waals surface area contributed by atoms with Crippen LogP contribution < -0.4 is 4.74 Å². The molecule has 0 saturated carbocycles. The first kappa shape index (κ1) is 15.7. The lowest BCUT2D eigenvalue weighted by Crippen LogP contribution is -2.23. The van der Waals surface area contributed by atoms with Gasteiger partial charge in [-0.05, 0) is 24.3 Å². The van der Waals surface area contributed by atoms with Gasteiger partial charge in [0.2, 0.25) is 0 Å². The van der Waals surface area contributed by atoms with E-state index < -0.39 is 11.0 Å². The molecule has 1 unspecified atom stereocenters. The maximum Gasteiger partial charge on any atom is 0.306 e. The minimum absolute atomic E-state index is 0.0537. The molecule has 0 saturated heterocycles. The zero-order valence-corrected chi connectivity index (χ0v) is 12.6. The van der Waals surface area contributed by atoms with Crippen LogP contribution in [0.5, 0.6) is 5.75 Å². The zero-order chi connectivity index (χ0) is 16.9. The van der Waals surface area contributed by atoms with Crippen molar-refractivity contribution in [3.63, 3.8) is 0 Å². The largest absolute Gasteiger partial charge is 0.491 e. The Morgan fingerprint density at radius 1 is 1.33 bits per heavy atom. The summed E-state index contributed by atoms with van der Waals surface area (Å²) in [4.78, 5) is 14.0. The van der Waals surface area contributed by atoms with Crippen molar-refractivity contribution in [2.75, 3.05) is 6.61 Å². The molecule has 0 fully saturated rings. The van der Waals surface area contributed by atoms with Crippen molar-refractivity contribution >= 4 is 5.69 Å². The van der Waals surface area contributed by atoms with Gasteiger partial charge in [0.15, 0.2) is 0 Å². The van der Waals surface area contributed by atoms with Gasteiger partial charge in [-0.15, -0.1) is 0 Å². The van der Waals surface area contributed by atoms with E-state index in [-0.39, 0.29) is 18.8 Å². The van der Waals surface area contributed by atoms with Crippen molar-refractivity contribution in [2.45, 2.75) is 12.6 Å². The maximum atomic E-state index is 10.6. The summed E-state index contributed by atoms with van der Waals surface area (Å²) in [7, 11) is 0. The van der Waals surface area contributed by atoms with Crippen LogP contribution in [0.15, 0.2) is 55.4 Å². The van der Waals surface area contributed by atoms with Crippen molar-refractivity contribution in [3.8, 4) is 11.4 Å². The van der Waals surface area contributed by atoms with Crippen molar-refractivity contribution in [2.24, 2.45) is 0 Å². The molecule has 0 spiro atoms. The van der Waals surface area contributed by atoms with Crippen molar-refractivity contribution < 1.29 is 14.8 Å². The molecule has 1 N–H and O–H groups in total. The molecule has 0 aliphatic rings. The van der Waals surface area contributed by atoms with Crippen molar-refractivity contribution in [1.82, 2.24) is 19.3 Å². The highest BCUT2D eigenvalue weighted by atomic mass is 16.6. The number of nitro groups is 1. The molecule has 0 bridgehead atoms. The third kappa shape index (κ3) is 3.76. The van der Waals surface area contributed by atoms with Gasteiger partial charge in [-0.3, -0.25) is 14.8 Å². The first-order chi connectivity index (χ1) is 11.6. The fraction of sp³-hybridized carbons (Fsp3) is 0.200. The van der Waals surface area contributed by atoms with E-state index in [4.69, 9.17) is 4.74 Å². The van der Waals surface area contributed by atoms with Gasteiger partial charge < -0.3 is 14.4 Å². The summed E-state index contributed by atoms with van der Waals surface area (Å²) in [5, 5.41) is 24.4. The molecule has 1 atom stereocenters. The molecule has 0 amide bonds. The smallest absolute Gasteiger partial charge is 0.306 e. The Labute approximate surface area is 136 Å². The van der Waals surface area contributed by atoms with Crippen LogP contribution in [0.25, 0.3) is 5.69 Å². The van der Waals surface area contributed by atoms with Crippen LogP contribution in [0.4, 0.5) is 5.69 Å². The number of hydrogen-bond acceptors (Lipinski definition) is 6. The SMILES string of the molecule is O=[N+]([O-])c1cnn(CC(O)COc2ccc(-n3ccnc3)cc2)c1. The van der Waals surface area contributed by atoms with Gasteiger partial charge in [0.25, 0.3) is 0 Å². The van der Waals surface area contributed by atoms with Gasteiger partial charge in [0, 0.05) is 18.1 Å². The predicted molar refractivity (Wildman–Crippen MR) is 83.9 cm³/mol. The maximum absolute atomic E-state index is 10.6. The number of aliphatic hydroxyl groups excluding tert-OH is 1. The highest BCUT2D eigenvalue weighted by Crippen LogP contribution is 2.15. The summed E-state index contributed by atoms with van der Waals surface area (Å²) in [5.41, 5.74) is 0.836. The molecule has 2 heterocycles. The van der Waals surface area contributed by atoms with Crippen LogP contribution >= 0.6 is 0 Å². The van der Waals surface area contributed by atoms with E-state index in [0.717, 1.165) is 11.9 Å². The number of aliphatic hydroxyl groups is 1. The van der Waals surface area contributed by atoms with E-state index in [1.165, 1.54) is 10.9 Å². The minimum atomic E-state index is -0.835. The molecule has 3 rings (SSSR count). The molecule has 3 aromatic rings. The minimum Gasteiger partial charge on any atom is -0.491 e. The summed E-state index contributed by atoms with van der Waals surface area (Å²) >= 11 is 0. The summed E-state index contributed by atoms with van der Waals surface area (Å²) in [6.07, 6.45) is 6.80. The van der Waals surface area contributed by atoms with E-state index in [0.29, 0.717) is 5.75 Å². The summed E-state index contributed by atoms with van der Waals surface area (Å²) in [6.45, 7) is 0.166. The van der Waals surface area contributed by atoms with Gasteiger partial charge in [-0.1, -0.05) is 0 Å². The molecule has 9 nitrogen and oxygen atoms in total.